The van der Waals surface area contributed by atoms with Crippen LogP contribution in [0.1, 0.15) is 0 Å². The second-order valence-corrected chi connectivity index (χ2v) is 19.4. The Morgan fingerprint density at radius 2 is 0.724 bits per heavy atom. The number of benzene rings is 11. The molecule has 7 nitrogen and oxygen atoms in total. The van der Waals surface area contributed by atoms with E-state index < -0.39 is 0 Å². The number of rotatable bonds is 7. The molecule has 0 radical (unpaired) electrons. The maximum atomic E-state index is 6.60. The summed E-state index contributed by atoms with van der Waals surface area (Å²) in [6, 6.07) is 84.5. The monoisotopic (exact) mass is 972 g/mol. The molecule has 0 atom stereocenters. The van der Waals surface area contributed by atoms with Crippen LogP contribution in [0.4, 0.5) is 0 Å². The average Bonchev–Trinajstić information content (AvgIpc) is 4.31. The highest BCUT2D eigenvalue weighted by Crippen LogP contribution is 2.42. The molecule has 5 heterocycles. The van der Waals surface area contributed by atoms with Gasteiger partial charge in [-0.2, -0.15) is 0 Å². The summed E-state index contributed by atoms with van der Waals surface area (Å²) >= 11 is 0. The normalized spacial score (nSPS) is 11.9. The van der Waals surface area contributed by atoms with Crippen molar-refractivity contribution in [3.05, 3.63) is 243 Å². The summed E-state index contributed by atoms with van der Waals surface area (Å²) in [5, 5.41) is 8.74. The average molecular weight is 973 g/mol. The van der Waals surface area contributed by atoms with Gasteiger partial charge < -0.3 is 17.8 Å². The van der Waals surface area contributed by atoms with Crippen LogP contribution < -0.4 is 0 Å². The van der Waals surface area contributed by atoms with Crippen molar-refractivity contribution < 1.29 is 13.3 Å². The van der Waals surface area contributed by atoms with Crippen LogP contribution in [0.25, 0.3) is 161 Å². The molecular formula is C69H40N4O3. The van der Waals surface area contributed by atoms with Gasteiger partial charge in [-0.05, 0) is 82.9 Å². The van der Waals surface area contributed by atoms with E-state index in [1.54, 1.807) is 0 Å². The fourth-order valence-corrected chi connectivity index (χ4v) is 11.5. The van der Waals surface area contributed by atoms with Gasteiger partial charge in [0, 0.05) is 76.6 Å². The predicted molar refractivity (Wildman–Crippen MR) is 309 cm³/mol. The zero-order valence-corrected chi connectivity index (χ0v) is 40.6. The van der Waals surface area contributed by atoms with Crippen molar-refractivity contribution in [3.63, 3.8) is 0 Å². The van der Waals surface area contributed by atoms with E-state index in [9.17, 15) is 0 Å². The van der Waals surface area contributed by atoms with Crippen LogP contribution in [0.3, 0.4) is 0 Å². The molecule has 0 unspecified atom stereocenters. The summed E-state index contributed by atoms with van der Waals surface area (Å²) in [6.07, 6.45) is 0. The molecule has 0 saturated heterocycles. The molecule has 11 aromatic carbocycles. The van der Waals surface area contributed by atoms with Crippen molar-refractivity contribution in [1.82, 2.24) is 19.5 Å². The quantitative estimate of drug-likeness (QED) is 0.158. The second-order valence-electron chi connectivity index (χ2n) is 19.4. The van der Waals surface area contributed by atoms with Crippen LogP contribution in [0.15, 0.2) is 256 Å². The van der Waals surface area contributed by atoms with E-state index in [-0.39, 0.29) is 0 Å². The lowest BCUT2D eigenvalue weighted by atomic mass is 9.99. The molecule has 354 valence electrons. The molecule has 16 aromatic rings. The van der Waals surface area contributed by atoms with Gasteiger partial charge in [-0.3, -0.25) is 0 Å². The van der Waals surface area contributed by atoms with Crippen molar-refractivity contribution in [2.45, 2.75) is 0 Å². The molecule has 0 spiro atoms. The fraction of sp³-hybridized carbons (Fsp3) is 0. The largest absolute Gasteiger partial charge is 0.456 e. The predicted octanol–water partition coefficient (Wildman–Crippen LogP) is 18.7. The molecule has 0 fully saturated rings. The molecule has 0 aliphatic carbocycles. The Bertz CT molecular complexity index is 4990. The molecule has 7 heteroatoms. The Kier molecular flexibility index (Phi) is 9.20. The molecule has 0 bridgehead atoms. The van der Waals surface area contributed by atoms with Crippen molar-refractivity contribution >= 4 is 87.6 Å². The van der Waals surface area contributed by atoms with Crippen LogP contribution >= 0.6 is 0 Å². The van der Waals surface area contributed by atoms with E-state index in [4.69, 9.17) is 28.2 Å². The van der Waals surface area contributed by atoms with Crippen LogP contribution in [-0.2, 0) is 0 Å². The summed E-state index contributed by atoms with van der Waals surface area (Å²) < 4.78 is 21.8. The fourth-order valence-electron chi connectivity index (χ4n) is 11.5. The number of hydrogen-bond donors (Lipinski definition) is 0. The van der Waals surface area contributed by atoms with Crippen molar-refractivity contribution in [3.8, 4) is 73.2 Å². The zero-order chi connectivity index (χ0) is 49.8. The van der Waals surface area contributed by atoms with Gasteiger partial charge in [0.2, 0.25) is 0 Å². The molecule has 0 N–H and O–H groups in total. The highest BCUT2D eigenvalue weighted by atomic mass is 16.3. The first-order valence-corrected chi connectivity index (χ1v) is 25.5. The van der Waals surface area contributed by atoms with Crippen molar-refractivity contribution in [1.29, 1.82) is 0 Å². The van der Waals surface area contributed by atoms with Crippen LogP contribution in [-0.4, -0.2) is 19.5 Å². The van der Waals surface area contributed by atoms with Gasteiger partial charge in [-0.1, -0.05) is 182 Å². The van der Waals surface area contributed by atoms with Gasteiger partial charge in [0.05, 0.1) is 11.0 Å². The standard InChI is InChI=1S/C69H40N4O3/c1-2-13-43(14-3-1)67-70-68(44-29-27-41(28-30-44)48-18-10-20-53-51-16-5-8-24-60(51)75-65(48)53)72-69(71-67)55-22-12-26-63-64(55)57-40-46(34-38-62(57)74-63)45-33-37-59-56(39-45)50-15-4-7-23-58(50)73(59)47-35-31-42(32-36-47)49-19-11-21-54-52-17-6-9-25-61(52)76-66(49)54/h1-40H. The number of furan rings is 3. The first-order valence-electron chi connectivity index (χ1n) is 25.5. The van der Waals surface area contributed by atoms with E-state index >= 15 is 0 Å². The maximum absolute atomic E-state index is 6.60. The molecule has 5 aromatic heterocycles. The highest BCUT2D eigenvalue weighted by Gasteiger charge is 2.21. The Balaban J connectivity index is 0.784. The lowest BCUT2D eigenvalue weighted by Gasteiger charge is -2.10. The third kappa shape index (κ3) is 6.59. The summed E-state index contributed by atoms with van der Waals surface area (Å²) in [5.74, 6) is 1.73. The van der Waals surface area contributed by atoms with E-state index in [1.807, 2.05) is 72.8 Å². The minimum Gasteiger partial charge on any atom is -0.456 e. The van der Waals surface area contributed by atoms with Crippen LogP contribution in [0.2, 0.25) is 0 Å². The first-order chi connectivity index (χ1) is 37.6. The number of para-hydroxylation sites is 5. The Morgan fingerprint density at radius 1 is 0.263 bits per heavy atom. The topological polar surface area (TPSA) is 83.0 Å². The Morgan fingerprint density at radius 3 is 1.41 bits per heavy atom. The first kappa shape index (κ1) is 42.2. The molecule has 0 saturated carbocycles. The van der Waals surface area contributed by atoms with E-state index in [0.717, 1.165) is 133 Å². The van der Waals surface area contributed by atoms with Crippen molar-refractivity contribution in [2.75, 3.05) is 0 Å². The van der Waals surface area contributed by atoms with Gasteiger partial charge in [0.1, 0.15) is 33.5 Å². The van der Waals surface area contributed by atoms with Gasteiger partial charge in [0.15, 0.2) is 17.5 Å². The van der Waals surface area contributed by atoms with Gasteiger partial charge in [-0.25, -0.2) is 15.0 Å². The van der Waals surface area contributed by atoms with Crippen LogP contribution in [0.5, 0.6) is 0 Å². The minimum atomic E-state index is 0.563. The SMILES string of the molecule is c1ccc(-c2nc(-c3ccc(-c4cccc5c4oc4ccccc45)cc3)nc(-c3cccc4oc5ccc(-c6ccc7c(c6)c6ccccc6n7-c6ccc(-c7cccc8c7oc7ccccc78)cc6)cc5c34)n2)cc1. The molecular weight excluding hydrogens is 933 g/mol. The molecule has 0 aliphatic rings. The molecule has 0 amide bonds. The zero-order valence-electron chi connectivity index (χ0n) is 40.6. The number of aromatic nitrogens is 4. The number of nitrogens with zero attached hydrogens (tertiary/aromatic N) is 4. The van der Waals surface area contributed by atoms with Crippen molar-refractivity contribution in [2.24, 2.45) is 0 Å². The van der Waals surface area contributed by atoms with Gasteiger partial charge >= 0.3 is 0 Å². The lowest BCUT2D eigenvalue weighted by Crippen LogP contribution is -2.00. The third-order valence-corrected chi connectivity index (χ3v) is 15.1. The third-order valence-electron chi connectivity index (χ3n) is 15.1. The summed E-state index contributed by atoms with van der Waals surface area (Å²) in [4.78, 5) is 15.5. The molecule has 0 aliphatic heterocycles. The Labute approximate surface area is 434 Å². The summed E-state index contributed by atoms with van der Waals surface area (Å²) in [7, 11) is 0. The van der Waals surface area contributed by atoms with Gasteiger partial charge in [-0.15, -0.1) is 0 Å². The number of fused-ring (bicyclic) bond motifs is 12. The molecule has 16 rings (SSSR count). The van der Waals surface area contributed by atoms with E-state index in [2.05, 4.69) is 174 Å². The summed E-state index contributed by atoms with van der Waals surface area (Å²) in [6.45, 7) is 0. The second kappa shape index (κ2) is 16.6. The van der Waals surface area contributed by atoms with Crippen LogP contribution in [0, 0.1) is 0 Å². The number of hydrogen-bond acceptors (Lipinski definition) is 6. The molecule has 76 heavy (non-hydrogen) atoms. The Hall–Kier alpha value is -10.4. The van der Waals surface area contributed by atoms with Gasteiger partial charge in [0.25, 0.3) is 0 Å². The van der Waals surface area contributed by atoms with E-state index in [0.29, 0.717) is 17.5 Å². The minimum absolute atomic E-state index is 0.563. The lowest BCUT2D eigenvalue weighted by molar-refractivity contribution is 0.669. The summed E-state index contributed by atoms with van der Waals surface area (Å²) in [5.41, 5.74) is 17.5. The maximum Gasteiger partial charge on any atom is 0.164 e. The highest BCUT2D eigenvalue weighted by molar-refractivity contribution is 6.15. The van der Waals surface area contributed by atoms with E-state index in [1.165, 1.54) is 10.8 Å². The smallest absolute Gasteiger partial charge is 0.164 e.